The van der Waals surface area contributed by atoms with E-state index in [2.05, 4.69) is 57.6 Å². The van der Waals surface area contributed by atoms with Gasteiger partial charge in [0.15, 0.2) is 0 Å². The van der Waals surface area contributed by atoms with Gasteiger partial charge in [-0.25, -0.2) is 0 Å². The molecule has 1 rings (SSSR count). The highest BCUT2D eigenvalue weighted by Crippen LogP contribution is 2.30. The van der Waals surface area contributed by atoms with Crippen molar-refractivity contribution in [2.24, 2.45) is 18.4 Å². The summed E-state index contributed by atoms with van der Waals surface area (Å²) in [6.45, 7) is 9.40. The molecule has 1 unspecified atom stereocenters. The third-order valence-electron chi connectivity index (χ3n) is 3.31. The summed E-state index contributed by atoms with van der Waals surface area (Å²) < 4.78 is 2.23. The molecule has 0 saturated heterocycles. The van der Waals surface area contributed by atoms with E-state index in [4.69, 9.17) is 0 Å². The summed E-state index contributed by atoms with van der Waals surface area (Å²) in [5.41, 5.74) is 1.87. The Bertz CT molecular complexity index is 296. The zero-order valence-electron chi connectivity index (χ0n) is 10.9. The molecule has 0 bridgehead atoms. The average Bonchev–Trinajstić information content (AvgIpc) is 2.50. The Morgan fingerprint density at radius 2 is 2.07 bits per heavy atom. The minimum absolute atomic E-state index is 0.418. The van der Waals surface area contributed by atoms with Crippen LogP contribution in [0.1, 0.15) is 46.2 Å². The summed E-state index contributed by atoms with van der Waals surface area (Å²) in [5.74, 6) is 0.834. The molecule has 1 aromatic rings. The monoisotopic (exact) mass is 207 g/mol. The molecule has 0 aliphatic carbocycles. The van der Waals surface area contributed by atoms with Crippen molar-refractivity contribution >= 4 is 0 Å². The van der Waals surface area contributed by atoms with Gasteiger partial charge in [-0.2, -0.15) is 0 Å². The summed E-state index contributed by atoms with van der Waals surface area (Å²) in [6, 6.07) is 4.37. The van der Waals surface area contributed by atoms with Crippen molar-refractivity contribution < 1.29 is 0 Å². The molecule has 1 heterocycles. The second-order valence-electron chi connectivity index (χ2n) is 5.67. The fourth-order valence-corrected chi connectivity index (χ4v) is 2.33. The van der Waals surface area contributed by atoms with Crippen molar-refractivity contribution in [2.75, 3.05) is 0 Å². The molecule has 0 N–H and O–H groups in total. The molecule has 0 fully saturated rings. The molecule has 0 spiro atoms. The Hall–Kier alpha value is -0.720. The van der Waals surface area contributed by atoms with E-state index < -0.39 is 0 Å². The summed E-state index contributed by atoms with van der Waals surface area (Å²) >= 11 is 0. The molecule has 0 saturated carbocycles. The van der Waals surface area contributed by atoms with Crippen molar-refractivity contribution in [3.8, 4) is 0 Å². The van der Waals surface area contributed by atoms with Gasteiger partial charge in [-0.15, -0.1) is 0 Å². The lowest BCUT2D eigenvalue weighted by Gasteiger charge is -2.28. The molecule has 0 amide bonds. The summed E-state index contributed by atoms with van der Waals surface area (Å²) in [5, 5.41) is 0. The maximum atomic E-state index is 2.38. The maximum Gasteiger partial charge on any atom is 0.0177 e. The van der Waals surface area contributed by atoms with Crippen LogP contribution in [0.25, 0.3) is 0 Å². The number of rotatable bonds is 5. The largest absolute Gasteiger partial charge is 0.354 e. The molecule has 0 radical (unpaired) electrons. The van der Waals surface area contributed by atoms with E-state index in [1.165, 1.54) is 25.0 Å². The standard InChI is InChI=1S/C14H25N/c1-6-12(2)10-14(3,4)11-13-8-7-9-15(13)5/h7-9,12H,6,10-11H2,1-5H3. The summed E-state index contributed by atoms with van der Waals surface area (Å²) in [7, 11) is 2.13. The fraction of sp³-hybridized carbons (Fsp3) is 0.714. The zero-order chi connectivity index (χ0) is 11.5. The van der Waals surface area contributed by atoms with Gasteiger partial charge in [0.25, 0.3) is 0 Å². The van der Waals surface area contributed by atoms with Gasteiger partial charge in [0, 0.05) is 18.9 Å². The Labute approximate surface area is 94.5 Å². The van der Waals surface area contributed by atoms with E-state index >= 15 is 0 Å². The predicted molar refractivity (Wildman–Crippen MR) is 67.0 cm³/mol. The van der Waals surface area contributed by atoms with Gasteiger partial charge in [0.1, 0.15) is 0 Å². The zero-order valence-corrected chi connectivity index (χ0v) is 10.9. The molecule has 1 heteroatoms. The lowest BCUT2D eigenvalue weighted by molar-refractivity contribution is 0.266. The summed E-state index contributed by atoms with van der Waals surface area (Å²) in [6.07, 6.45) is 5.92. The molecule has 0 aliphatic rings. The molecule has 0 aromatic carbocycles. The van der Waals surface area contributed by atoms with Crippen molar-refractivity contribution in [1.29, 1.82) is 0 Å². The minimum Gasteiger partial charge on any atom is -0.354 e. The topological polar surface area (TPSA) is 4.93 Å². The molecule has 1 atom stereocenters. The fourth-order valence-electron chi connectivity index (χ4n) is 2.33. The van der Waals surface area contributed by atoms with E-state index in [9.17, 15) is 0 Å². The molecular formula is C14H25N. The number of aryl methyl sites for hydroxylation is 1. The van der Waals surface area contributed by atoms with Gasteiger partial charge in [-0.05, 0) is 36.3 Å². The van der Waals surface area contributed by atoms with E-state index in [-0.39, 0.29) is 0 Å². The van der Waals surface area contributed by atoms with Crippen LogP contribution in [0, 0.1) is 11.3 Å². The Morgan fingerprint density at radius 1 is 1.40 bits per heavy atom. The highest BCUT2D eigenvalue weighted by molar-refractivity contribution is 5.08. The first-order chi connectivity index (χ1) is 6.94. The smallest absolute Gasteiger partial charge is 0.0177 e. The first kappa shape index (κ1) is 12.4. The highest BCUT2D eigenvalue weighted by atomic mass is 14.9. The molecule has 15 heavy (non-hydrogen) atoms. The first-order valence-electron chi connectivity index (χ1n) is 6.05. The van der Waals surface area contributed by atoms with Crippen molar-refractivity contribution in [2.45, 2.75) is 47.0 Å². The Morgan fingerprint density at radius 3 is 2.53 bits per heavy atom. The predicted octanol–water partition coefficient (Wildman–Crippen LogP) is 4.03. The normalized spacial score (nSPS) is 14.2. The van der Waals surface area contributed by atoms with Gasteiger partial charge in [0.2, 0.25) is 0 Å². The minimum atomic E-state index is 0.418. The van der Waals surface area contributed by atoms with E-state index in [1.807, 2.05) is 0 Å². The van der Waals surface area contributed by atoms with Crippen LogP contribution in [0.15, 0.2) is 18.3 Å². The van der Waals surface area contributed by atoms with Gasteiger partial charge < -0.3 is 4.57 Å². The van der Waals surface area contributed by atoms with Crippen LogP contribution in [-0.2, 0) is 13.5 Å². The van der Waals surface area contributed by atoms with Crippen molar-refractivity contribution in [3.63, 3.8) is 0 Å². The van der Waals surface area contributed by atoms with Gasteiger partial charge >= 0.3 is 0 Å². The molecule has 0 aliphatic heterocycles. The van der Waals surface area contributed by atoms with Crippen LogP contribution in [0.2, 0.25) is 0 Å². The van der Waals surface area contributed by atoms with Crippen LogP contribution < -0.4 is 0 Å². The lowest BCUT2D eigenvalue weighted by atomic mass is 9.79. The van der Waals surface area contributed by atoms with Gasteiger partial charge in [0.05, 0.1) is 0 Å². The quantitative estimate of drug-likeness (QED) is 0.687. The Balaban J connectivity index is 2.60. The second kappa shape index (κ2) is 4.87. The summed E-state index contributed by atoms with van der Waals surface area (Å²) in [4.78, 5) is 0. The molecule has 1 aromatic heterocycles. The van der Waals surface area contributed by atoms with Gasteiger partial charge in [-0.3, -0.25) is 0 Å². The number of aromatic nitrogens is 1. The van der Waals surface area contributed by atoms with Crippen molar-refractivity contribution in [3.05, 3.63) is 24.0 Å². The SMILES string of the molecule is CCC(C)CC(C)(C)Cc1cccn1C. The Kier molecular flexibility index (Phi) is 4.01. The van der Waals surface area contributed by atoms with Gasteiger partial charge in [-0.1, -0.05) is 34.1 Å². The number of nitrogens with zero attached hydrogens (tertiary/aromatic N) is 1. The van der Waals surface area contributed by atoms with Crippen LogP contribution in [0.4, 0.5) is 0 Å². The molecule has 1 nitrogen and oxygen atoms in total. The van der Waals surface area contributed by atoms with Crippen molar-refractivity contribution in [1.82, 2.24) is 4.57 Å². The van der Waals surface area contributed by atoms with E-state index in [0.717, 1.165) is 5.92 Å². The maximum absolute atomic E-state index is 2.38. The average molecular weight is 207 g/mol. The number of hydrogen-bond acceptors (Lipinski definition) is 0. The van der Waals surface area contributed by atoms with E-state index in [0.29, 0.717) is 5.41 Å². The molecular weight excluding hydrogens is 182 g/mol. The molecule has 86 valence electrons. The first-order valence-corrected chi connectivity index (χ1v) is 6.05. The number of hydrogen-bond donors (Lipinski definition) is 0. The highest BCUT2D eigenvalue weighted by Gasteiger charge is 2.21. The van der Waals surface area contributed by atoms with Crippen LogP contribution >= 0.6 is 0 Å². The lowest BCUT2D eigenvalue weighted by Crippen LogP contribution is -2.19. The third-order valence-corrected chi connectivity index (χ3v) is 3.31. The van der Waals surface area contributed by atoms with Crippen LogP contribution in [-0.4, -0.2) is 4.57 Å². The second-order valence-corrected chi connectivity index (χ2v) is 5.67. The van der Waals surface area contributed by atoms with E-state index in [1.54, 1.807) is 0 Å². The third kappa shape index (κ3) is 3.73. The van der Waals surface area contributed by atoms with Crippen LogP contribution in [0.5, 0.6) is 0 Å². The van der Waals surface area contributed by atoms with Crippen LogP contribution in [0.3, 0.4) is 0 Å².